The van der Waals surface area contributed by atoms with Gasteiger partial charge in [0.2, 0.25) is 0 Å². The number of aliphatic hydroxyl groups excluding tert-OH is 2. The van der Waals surface area contributed by atoms with Crippen molar-refractivity contribution in [3.63, 3.8) is 0 Å². The van der Waals surface area contributed by atoms with Crippen LogP contribution in [0.25, 0.3) is 0 Å². The Labute approximate surface area is 186 Å². The van der Waals surface area contributed by atoms with Crippen LogP contribution in [0.1, 0.15) is 13.2 Å². The van der Waals surface area contributed by atoms with Crippen molar-refractivity contribution in [2.75, 3.05) is 13.7 Å². The van der Waals surface area contributed by atoms with E-state index in [1.807, 2.05) is 4.98 Å². The third-order valence-electron chi connectivity index (χ3n) is 4.60. The molecule has 0 aliphatic carbocycles. The highest BCUT2D eigenvalue weighted by molar-refractivity contribution is 7.52. The second-order valence-corrected chi connectivity index (χ2v) is 8.70. The zero-order chi connectivity index (χ0) is 24.2. The Bertz CT molecular complexity index is 1120. The third kappa shape index (κ3) is 5.93. The smallest absolute Gasteiger partial charge is 0.459 e. The van der Waals surface area contributed by atoms with E-state index >= 15 is 0 Å². The lowest BCUT2D eigenvalue weighted by Gasteiger charge is -2.24. The molecule has 0 radical (unpaired) electrons. The van der Waals surface area contributed by atoms with Crippen molar-refractivity contribution >= 4 is 13.7 Å². The summed E-state index contributed by atoms with van der Waals surface area (Å²) in [5, 5.41) is 26.6. The van der Waals surface area contributed by atoms with E-state index in [9.17, 15) is 29.2 Å². The van der Waals surface area contributed by atoms with E-state index in [-0.39, 0.29) is 5.75 Å². The first-order valence-electron chi connectivity index (χ1n) is 9.68. The molecule has 1 fully saturated rings. The highest BCUT2D eigenvalue weighted by atomic mass is 31.2. The van der Waals surface area contributed by atoms with Crippen molar-refractivity contribution in [1.82, 2.24) is 19.9 Å². The lowest BCUT2D eigenvalue weighted by atomic mass is 10.1. The summed E-state index contributed by atoms with van der Waals surface area (Å²) < 4.78 is 34.9. The minimum atomic E-state index is -4.23. The topological polar surface area (TPSA) is 191 Å². The number of carbonyl (C=O) groups is 1. The standard InChI is InChI=1S/C18H23N4O10P/c1-10(17(26)29-2)21-33(28,32-11-6-4-3-5-7-11)30-9-12-14(24)15(25)16(31-12)22-18(27)20-13(23)8-19-22/h3-8,10,12,14-16,24-25H,9H2,1-2H3,(H,21,28)(H,20,23,27)/t10-,12+,14-,15?,16+,33?/m0/s1. The lowest BCUT2D eigenvalue weighted by molar-refractivity contribution is -0.142. The van der Waals surface area contributed by atoms with Gasteiger partial charge in [-0.1, -0.05) is 18.2 Å². The molecule has 0 spiro atoms. The number of para-hydroxylation sites is 1. The average molecular weight is 486 g/mol. The summed E-state index contributed by atoms with van der Waals surface area (Å²) in [6.45, 7) is 0.809. The van der Waals surface area contributed by atoms with Crippen molar-refractivity contribution in [3.05, 3.63) is 57.4 Å². The van der Waals surface area contributed by atoms with E-state index in [0.29, 0.717) is 4.68 Å². The number of ether oxygens (including phenoxy) is 2. The number of aliphatic hydroxyl groups is 2. The van der Waals surface area contributed by atoms with Gasteiger partial charge < -0.3 is 24.2 Å². The van der Waals surface area contributed by atoms with Crippen LogP contribution in [0.3, 0.4) is 0 Å². The Balaban J connectivity index is 1.76. The van der Waals surface area contributed by atoms with E-state index in [2.05, 4.69) is 14.9 Å². The highest BCUT2D eigenvalue weighted by Crippen LogP contribution is 2.45. The monoisotopic (exact) mass is 486 g/mol. The number of rotatable bonds is 9. The molecule has 15 heteroatoms. The molecule has 1 aromatic heterocycles. The van der Waals surface area contributed by atoms with Crippen LogP contribution in [0, 0.1) is 0 Å². The summed E-state index contributed by atoms with van der Waals surface area (Å²) in [6.07, 6.45) is -5.11. The zero-order valence-electron chi connectivity index (χ0n) is 17.6. The SMILES string of the molecule is COC(=O)[C@H](C)NP(=O)(OC[C@H]1O[C@@H](n2ncc(=O)[nH]c2=O)C(O)[C@H]1O)Oc1ccccc1. The largest absolute Gasteiger partial charge is 0.468 e. The second kappa shape index (κ2) is 10.4. The molecule has 2 unspecified atom stereocenters. The Hall–Kier alpha value is -2.87. The van der Waals surface area contributed by atoms with E-state index in [1.54, 1.807) is 18.2 Å². The van der Waals surface area contributed by atoms with Crippen LogP contribution < -0.4 is 20.9 Å². The number of hydrogen-bond donors (Lipinski definition) is 4. The summed E-state index contributed by atoms with van der Waals surface area (Å²) in [6, 6.07) is 6.90. The molecule has 0 bridgehead atoms. The van der Waals surface area contributed by atoms with Crippen LogP contribution in [-0.2, 0) is 23.4 Å². The maximum absolute atomic E-state index is 13.3. The molecule has 33 heavy (non-hydrogen) atoms. The van der Waals surface area contributed by atoms with Crippen molar-refractivity contribution in [2.45, 2.75) is 37.5 Å². The fraction of sp³-hybridized carbons (Fsp3) is 0.444. The van der Waals surface area contributed by atoms with Gasteiger partial charge in [-0.05, 0) is 19.1 Å². The maximum atomic E-state index is 13.3. The Morgan fingerprint density at radius 2 is 2.00 bits per heavy atom. The van der Waals surface area contributed by atoms with Gasteiger partial charge in [-0.3, -0.25) is 19.1 Å². The normalized spacial score (nSPS) is 25.2. The molecule has 1 saturated heterocycles. The molecule has 2 aromatic rings. The molecular weight excluding hydrogens is 463 g/mol. The van der Waals surface area contributed by atoms with Gasteiger partial charge in [0.1, 0.15) is 36.3 Å². The predicted octanol–water partition coefficient (Wildman–Crippen LogP) is -1.09. The summed E-state index contributed by atoms with van der Waals surface area (Å²) in [5.41, 5.74) is -1.72. The van der Waals surface area contributed by atoms with Gasteiger partial charge in [0.15, 0.2) is 6.23 Å². The summed E-state index contributed by atoms with van der Waals surface area (Å²) in [7, 11) is -3.07. The number of methoxy groups -OCH3 is 1. The van der Waals surface area contributed by atoms with Gasteiger partial charge in [0, 0.05) is 0 Å². The molecule has 2 heterocycles. The quantitative estimate of drug-likeness (QED) is 0.248. The molecule has 1 aliphatic rings. The number of nitrogens with zero attached hydrogens (tertiary/aromatic N) is 2. The molecule has 0 amide bonds. The van der Waals surface area contributed by atoms with E-state index in [0.717, 1.165) is 13.3 Å². The Morgan fingerprint density at radius 3 is 2.64 bits per heavy atom. The minimum Gasteiger partial charge on any atom is -0.468 e. The van der Waals surface area contributed by atoms with Crippen molar-refractivity contribution in [2.24, 2.45) is 0 Å². The molecule has 180 valence electrons. The predicted molar refractivity (Wildman–Crippen MR) is 110 cm³/mol. The minimum absolute atomic E-state index is 0.167. The number of benzene rings is 1. The number of aromatic nitrogens is 3. The van der Waals surface area contributed by atoms with Crippen LogP contribution in [0.2, 0.25) is 0 Å². The van der Waals surface area contributed by atoms with Crippen LogP contribution in [0.4, 0.5) is 0 Å². The number of esters is 1. The number of carbonyl (C=O) groups excluding carboxylic acids is 1. The molecular formula is C18H23N4O10P. The van der Waals surface area contributed by atoms with Crippen LogP contribution in [0.15, 0.2) is 46.1 Å². The Morgan fingerprint density at radius 1 is 1.30 bits per heavy atom. The van der Waals surface area contributed by atoms with Gasteiger partial charge in [-0.15, -0.1) is 0 Å². The van der Waals surface area contributed by atoms with Gasteiger partial charge in [0.25, 0.3) is 5.56 Å². The molecule has 6 atom stereocenters. The first-order chi connectivity index (χ1) is 15.6. The summed E-state index contributed by atoms with van der Waals surface area (Å²) in [5.74, 6) is -0.563. The van der Waals surface area contributed by atoms with E-state index < -0.39 is 62.2 Å². The first kappa shape index (κ1) is 24.8. The third-order valence-corrected chi connectivity index (χ3v) is 6.24. The molecule has 1 aliphatic heterocycles. The molecule has 3 rings (SSSR count). The average Bonchev–Trinajstić information content (AvgIpc) is 3.06. The summed E-state index contributed by atoms with van der Waals surface area (Å²) >= 11 is 0. The van der Waals surface area contributed by atoms with Gasteiger partial charge in [-0.2, -0.15) is 14.9 Å². The lowest BCUT2D eigenvalue weighted by Crippen LogP contribution is -2.39. The van der Waals surface area contributed by atoms with Crippen molar-refractivity contribution in [3.8, 4) is 5.75 Å². The van der Waals surface area contributed by atoms with Crippen LogP contribution in [-0.4, -0.2) is 69.0 Å². The van der Waals surface area contributed by atoms with Crippen LogP contribution in [0.5, 0.6) is 5.75 Å². The van der Waals surface area contributed by atoms with Gasteiger partial charge >= 0.3 is 19.4 Å². The number of H-pyrrole nitrogens is 1. The molecule has 1 aromatic carbocycles. The zero-order valence-corrected chi connectivity index (χ0v) is 18.5. The maximum Gasteiger partial charge on any atom is 0.459 e. The fourth-order valence-electron chi connectivity index (χ4n) is 2.96. The van der Waals surface area contributed by atoms with Gasteiger partial charge in [-0.25, -0.2) is 9.36 Å². The van der Waals surface area contributed by atoms with Crippen molar-refractivity contribution < 1.29 is 38.1 Å². The number of nitrogens with one attached hydrogen (secondary N) is 2. The van der Waals surface area contributed by atoms with Crippen LogP contribution >= 0.6 is 7.75 Å². The fourth-order valence-corrected chi connectivity index (χ4v) is 4.46. The second-order valence-electron chi connectivity index (χ2n) is 7.00. The molecule has 4 N–H and O–H groups in total. The number of aromatic amines is 1. The first-order valence-corrected chi connectivity index (χ1v) is 11.2. The van der Waals surface area contributed by atoms with Gasteiger partial charge in [0.05, 0.1) is 13.7 Å². The van der Waals surface area contributed by atoms with Crippen molar-refractivity contribution in [1.29, 1.82) is 0 Å². The molecule has 14 nitrogen and oxygen atoms in total. The number of hydrogen-bond acceptors (Lipinski definition) is 11. The Kier molecular flexibility index (Phi) is 7.79. The van der Waals surface area contributed by atoms with E-state index in [1.165, 1.54) is 19.1 Å². The summed E-state index contributed by atoms with van der Waals surface area (Å²) in [4.78, 5) is 36.9. The van der Waals surface area contributed by atoms with E-state index in [4.69, 9.17) is 13.8 Å². The molecule has 0 saturated carbocycles. The highest BCUT2D eigenvalue weighted by Gasteiger charge is 2.46.